The van der Waals surface area contributed by atoms with E-state index >= 15 is 0 Å². The van der Waals surface area contributed by atoms with E-state index in [9.17, 15) is 14.4 Å². The minimum absolute atomic E-state index is 0.288. The van der Waals surface area contributed by atoms with Gasteiger partial charge in [-0.2, -0.15) is 0 Å². The van der Waals surface area contributed by atoms with Crippen molar-refractivity contribution in [3.8, 4) is 0 Å². The molecular formula is C11H12IN3O4. The molecule has 1 aromatic carbocycles. The number of carbonyl (C=O) groups excluding carboxylic acids is 2. The number of rotatable bonds is 5. The highest BCUT2D eigenvalue weighted by molar-refractivity contribution is 14.1. The Morgan fingerprint density at radius 3 is 2.26 bits per heavy atom. The first-order valence-corrected chi connectivity index (χ1v) is 6.34. The summed E-state index contributed by atoms with van der Waals surface area (Å²) in [6, 6.07) is 6.58. The lowest BCUT2D eigenvalue weighted by molar-refractivity contribution is -0.137. The second-order valence-corrected chi connectivity index (χ2v) is 4.73. The van der Waals surface area contributed by atoms with Gasteiger partial charge in [-0.1, -0.05) is 0 Å². The molecule has 8 heteroatoms. The quantitative estimate of drug-likeness (QED) is 0.564. The van der Waals surface area contributed by atoms with Gasteiger partial charge in [0.25, 0.3) is 0 Å². The molecule has 0 aliphatic carbocycles. The van der Waals surface area contributed by atoms with E-state index in [0.717, 1.165) is 3.57 Å². The lowest BCUT2D eigenvalue weighted by Crippen LogP contribution is -2.40. The Morgan fingerprint density at radius 2 is 1.68 bits per heavy atom. The first-order chi connectivity index (χ1) is 8.97. The van der Waals surface area contributed by atoms with Crippen molar-refractivity contribution in [3.05, 3.63) is 27.8 Å². The van der Waals surface area contributed by atoms with Crippen LogP contribution < -0.4 is 16.0 Å². The first kappa shape index (κ1) is 15.2. The average molecular weight is 377 g/mol. The second-order valence-electron chi connectivity index (χ2n) is 3.49. The molecule has 0 aromatic heterocycles. The van der Waals surface area contributed by atoms with E-state index in [1.807, 2.05) is 12.1 Å². The van der Waals surface area contributed by atoms with Gasteiger partial charge < -0.3 is 21.1 Å². The number of anilines is 1. The molecule has 7 nitrogen and oxygen atoms in total. The van der Waals surface area contributed by atoms with Crippen LogP contribution in [0.4, 0.5) is 10.5 Å². The molecule has 0 unspecified atom stereocenters. The fourth-order valence-electron chi connectivity index (χ4n) is 1.11. The number of hydrogen-bond donors (Lipinski definition) is 4. The van der Waals surface area contributed by atoms with Crippen LogP contribution in [0.2, 0.25) is 0 Å². The molecule has 3 amide bonds. The Morgan fingerprint density at radius 1 is 1.05 bits per heavy atom. The van der Waals surface area contributed by atoms with Crippen molar-refractivity contribution in [2.45, 2.75) is 0 Å². The summed E-state index contributed by atoms with van der Waals surface area (Å²) in [7, 11) is 0. The minimum atomic E-state index is -1.14. The van der Waals surface area contributed by atoms with Crippen LogP contribution in [0.1, 0.15) is 0 Å². The Kier molecular flexibility index (Phi) is 6.06. The van der Waals surface area contributed by atoms with Gasteiger partial charge in [0, 0.05) is 9.26 Å². The van der Waals surface area contributed by atoms with Crippen LogP contribution in [-0.4, -0.2) is 36.1 Å². The summed E-state index contributed by atoms with van der Waals surface area (Å²) in [4.78, 5) is 32.7. The Bertz CT molecular complexity index is 475. The van der Waals surface area contributed by atoms with Gasteiger partial charge in [-0.3, -0.25) is 9.59 Å². The number of aliphatic carboxylic acids is 1. The van der Waals surface area contributed by atoms with Gasteiger partial charge in [0.15, 0.2) is 0 Å². The molecule has 102 valence electrons. The molecule has 0 aliphatic rings. The zero-order valence-electron chi connectivity index (χ0n) is 9.77. The van der Waals surface area contributed by atoms with Gasteiger partial charge in [-0.05, 0) is 46.9 Å². The maximum Gasteiger partial charge on any atom is 0.322 e. The summed E-state index contributed by atoms with van der Waals surface area (Å²) < 4.78 is 1.04. The molecule has 0 spiro atoms. The summed E-state index contributed by atoms with van der Waals surface area (Å²) >= 11 is 2.14. The van der Waals surface area contributed by atoms with Crippen molar-refractivity contribution in [2.24, 2.45) is 0 Å². The third-order valence-electron chi connectivity index (χ3n) is 1.95. The summed E-state index contributed by atoms with van der Waals surface area (Å²) in [6.45, 7) is -0.761. The lowest BCUT2D eigenvalue weighted by atomic mass is 10.3. The summed E-state index contributed by atoms with van der Waals surface area (Å²) in [5, 5.41) is 15.3. The number of carbonyl (C=O) groups is 3. The third kappa shape index (κ3) is 6.60. The first-order valence-electron chi connectivity index (χ1n) is 5.26. The molecular weight excluding hydrogens is 365 g/mol. The van der Waals surface area contributed by atoms with Crippen LogP contribution in [0.3, 0.4) is 0 Å². The van der Waals surface area contributed by atoms with E-state index in [0.29, 0.717) is 5.69 Å². The van der Waals surface area contributed by atoms with Crippen molar-refractivity contribution in [1.29, 1.82) is 0 Å². The predicted octanol–water partition coefficient (Wildman–Crippen LogP) is 0.613. The smallest absolute Gasteiger partial charge is 0.322 e. The molecule has 0 atom stereocenters. The number of carboxylic acid groups (broad SMARTS) is 1. The monoisotopic (exact) mass is 377 g/mol. The molecule has 1 aromatic rings. The average Bonchev–Trinajstić information content (AvgIpc) is 2.36. The zero-order valence-corrected chi connectivity index (χ0v) is 11.9. The summed E-state index contributed by atoms with van der Waals surface area (Å²) in [6.07, 6.45) is 0. The topological polar surface area (TPSA) is 108 Å². The van der Waals surface area contributed by atoms with Gasteiger partial charge >= 0.3 is 12.0 Å². The number of urea groups is 1. The van der Waals surface area contributed by atoms with E-state index in [4.69, 9.17) is 5.11 Å². The number of benzene rings is 1. The molecule has 0 aliphatic heterocycles. The fraction of sp³-hybridized carbons (Fsp3) is 0.182. The van der Waals surface area contributed by atoms with Crippen LogP contribution in [0, 0.1) is 3.57 Å². The largest absolute Gasteiger partial charge is 0.480 e. The highest BCUT2D eigenvalue weighted by Gasteiger charge is 2.06. The van der Waals surface area contributed by atoms with Crippen molar-refractivity contribution < 1.29 is 19.5 Å². The van der Waals surface area contributed by atoms with Gasteiger partial charge in [0.2, 0.25) is 5.91 Å². The molecule has 0 fully saturated rings. The highest BCUT2D eigenvalue weighted by Crippen LogP contribution is 2.10. The van der Waals surface area contributed by atoms with Gasteiger partial charge in [-0.25, -0.2) is 4.79 Å². The Balaban J connectivity index is 2.29. The van der Waals surface area contributed by atoms with Crippen LogP contribution in [0.25, 0.3) is 0 Å². The number of carboxylic acids is 1. The van der Waals surface area contributed by atoms with E-state index < -0.39 is 24.5 Å². The summed E-state index contributed by atoms with van der Waals surface area (Å²) in [5.74, 6) is -1.71. The molecule has 1 rings (SSSR count). The normalized spacial score (nSPS) is 9.53. The molecule has 0 heterocycles. The van der Waals surface area contributed by atoms with Gasteiger partial charge in [0.05, 0.1) is 6.54 Å². The molecule has 0 saturated carbocycles. The number of nitrogens with one attached hydrogen (secondary N) is 3. The fourth-order valence-corrected chi connectivity index (χ4v) is 1.47. The summed E-state index contributed by atoms with van der Waals surface area (Å²) in [5.41, 5.74) is 0.601. The van der Waals surface area contributed by atoms with Crippen LogP contribution >= 0.6 is 22.6 Å². The van der Waals surface area contributed by atoms with E-state index in [1.165, 1.54) is 0 Å². The van der Waals surface area contributed by atoms with Crippen molar-refractivity contribution in [2.75, 3.05) is 18.4 Å². The maximum atomic E-state index is 11.4. The Hall–Kier alpha value is -1.84. The lowest BCUT2D eigenvalue weighted by Gasteiger charge is -2.07. The molecule has 0 bridgehead atoms. The van der Waals surface area contributed by atoms with E-state index in [2.05, 4.69) is 38.5 Å². The Labute approximate surface area is 122 Å². The number of hydrogen-bond acceptors (Lipinski definition) is 3. The van der Waals surface area contributed by atoms with Crippen molar-refractivity contribution >= 4 is 46.2 Å². The number of halogens is 1. The standard InChI is InChI=1S/C11H12IN3O4/c12-7-1-3-8(4-2-7)15-11(19)14-5-9(16)13-6-10(17)18/h1-4H,5-6H2,(H,13,16)(H,17,18)(H2,14,15,19). The molecule has 0 radical (unpaired) electrons. The van der Waals surface area contributed by atoms with E-state index in [1.54, 1.807) is 12.1 Å². The van der Waals surface area contributed by atoms with Gasteiger partial charge in [0.1, 0.15) is 6.54 Å². The second kappa shape index (κ2) is 7.56. The minimum Gasteiger partial charge on any atom is -0.480 e. The SMILES string of the molecule is O=C(O)CNC(=O)CNC(=O)Nc1ccc(I)cc1. The van der Waals surface area contributed by atoms with Crippen molar-refractivity contribution in [3.63, 3.8) is 0 Å². The third-order valence-corrected chi connectivity index (χ3v) is 2.67. The van der Waals surface area contributed by atoms with Crippen LogP contribution in [0.15, 0.2) is 24.3 Å². The predicted molar refractivity (Wildman–Crippen MR) is 76.8 cm³/mol. The van der Waals surface area contributed by atoms with E-state index in [-0.39, 0.29) is 6.54 Å². The molecule has 0 saturated heterocycles. The molecule has 19 heavy (non-hydrogen) atoms. The van der Waals surface area contributed by atoms with Crippen molar-refractivity contribution in [1.82, 2.24) is 10.6 Å². The van der Waals surface area contributed by atoms with Crippen LogP contribution in [-0.2, 0) is 9.59 Å². The van der Waals surface area contributed by atoms with Crippen LogP contribution in [0.5, 0.6) is 0 Å². The number of amides is 3. The maximum absolute atomic E-state index is 11.4. The highest BCUT2D eigenvalue weighted by atomic mass is 127. The zero-order chi connectivity index (χ0) is 14.3. The van der Waals surface area contributed by atoms with Gasteiger partial charge in [-0.15, -0.1) is 0 Å². The molecule has 4 N–H and O–H groups in total.